The van der Waals surface area contributed by atoms with Gasteiger partial charge in [0.1, 0.15) is 9.22 Å². The minimum Gasteiger partial charge on any atom is -0.271 e. The summed E-state index contributed by atoms with van der Waals surface area (Å²) in [6, 6.07) is 3.98. The minimum absolute atomic E-state index is 0.966. The van der Waals surface area contributed by atoms with Crippen LogP contribution in [0.15, 0.2) is 21.1 Å². The molecule has 2 aromatic rings. The number of hydrogen-bond acceptors (Lipinski definition) is 1. The molecule has 0 saturated heterocycles. The number of nitrogens with zero attached hydrogens (tertiary/aromatic N) is 1. The van der Waals surface area contributed by atoms with E-state index >= 15 is 0 Å². The molecule has 0 fully saturated rings. The first-order valence-electron chi connectivity index (χ1n) is 3.17. The Kier molecular flexibility index (Phi) is 2.44. The Morgan fingerprint density at radius 1 is 1.25 bits per heavy atom. The van der Waals surface area contributed by atoms with E-state index in [1.807, 2.05) is 12.1 Å². The van der Waals surface area contributed by atoms with Gasteiger partial charge in [-0.25, -0.2) is 0 Å². The van der Waals surface area contributed by atoms with Crippen molar-refractivity contribution in [1.29, 1.82) is 0 Å². The van der Waals surface area contributed by atoms with Crippen LogP contribution in [0.5, 0.6) is 0 Å². The Bertz CT molecular complexity index is 438. The first-order valence-corrected chi connectivity index (χ1v) is 5.84. The topological polar surface area (TPSA) is 28.7 Å². The molecule has 5 heteroatoms. The van der Waals surface area contributed by atoms with E-state index in [4.69, 9.17) is 0 Å². The number of aromatic nitrogens is 2. The smallest absolute Gasteiger partial charge is 0.108 e. The third kappa shape index (κ3) is 1.31. The van der Waals surface area contributed by atoms with Crippen LogP contribution in [0.4, 0.5) is 0 Å². The predicted molar refractivity (Wildman–Crippen MR) is 64.2 cm³/mol. The van der Waals surface area contributed by atoms with Crippen LogP contribution in [0.2, 0.25) is 0 Å². The van der Waals surface area contributed by atoms with Crippen LogP contribution in [0.3, 0.4) is 0 Å². The first kappa shape index (κ1) is 8.96. The van der Waals surface area contributed by atoms with Gasteiger partial charge in [-0.2, -0.15) is 5.10 Å². The molecule has 0 bridgehead atoms. The van der Waals surface area contributed by atoms with Crippen molar-refractivity contribution >= 4 is 65.4 Å². The van der Waals surface area contributed by atoms with Crippen molar-refractivity contribution in [2.24, 2.45) is 0 Å². The Hall–Kier alpha value is 0.380. The molecule has 0 aliphatic rings. The molecule has 0 amide bonds. The minimum atomic E-state index is 0.966. The highest BCUT2D eigenvalue weighted by Gasteiger charge is 2.08. The summed E-state index contributed by atoms with van der Waals surface area (Å²) in [6.07, 6.45) is 0. The fourth-order valence-electron chi connectivity index (χ4n) is 1.02. The van der Waals surface area contributed by atoms with Crippen molar-refractivity contribution in [3.8, 4) is 0 Å². The van der Waals surface area contributed by atoms with Crippen molar-refractivity contribution in [2.45, 2.75) is 0 Å². The highest BCUT2D eigenvalue weighted by Crippen LogP contribution is 2.31. The standard InChI is InChI=1S/C7H3Br2IN2/c8-3-1-2-4(9)6-5(3)7(10)12-11-6/h1-2H,(H,11,12). The van der Waals surface area contributed by atoms with E-state index in [1.54, 1.807) is 0 Å². The highest BCUT2D eigenvalue weighted by molar-refractivity contribution is 14.1. The van der Waals surface area contributed by atoms with Crippen molar-refractivity contribution in [3.63, 3.8) is 0 Å². The van der Waals surface area contributed by atoms with E-state index in [2.05, 4.69) is 64.6 Å². The van der Waals surface area contributed by atoms with Crippen LogP contribution in [0, 0.1) is 3.70 Å². The average Bonchev–Trinajstić information content (AvgIpc) is 2.42. The zero-order chi connectivity index (χ0) is 8.72. The summed E-state index contributed by atoms with van der Waals surface area (Å²) in [5, 5.41) is 8.23. The van der Waals surface area contributed by atoms with E-state index in [0.29, 0.717) is 0 Å². The SMILES string of the molecule is Brc1ccc(Br)c2c(I)[nH]nc12. The molecule has 0 unspecified atom stereocenters. The van der Waals surface area contributed by atoms with Gasteiger partial charge in [-0.05, 0) is 66.6 Å². The van der Waals surface area contributed by atoms with Crippen LogP contribution in [-0.2, 0) is 0 Å². The van der Waals surface area contributed by atoms with Gasteiger partial charge in [-0.3, -0.25) is 5.10 Å². The van der Waals surface area contributed by atoms with Crippen molar-refractivity contribution < 1.29 is 0 Å². The number of hydrogen-bond donors (Lipinski definition) is 1. The molecule has 1 N–H and O–H groups in total. The quantitative estimate of drug-likeness (QED) is 0.670. The highest BCUT2D eigenvalue weighted by atomic mass is 127. The van der Waals surface area contributed by atoms with Crippen LogP contribution in [0.25, 0.3) is 10.9 Å². The molecule has 12 heavy (non-hydrogen) atoms. The fraction of sp³-hybridized carbons (Fsp3) is 0. The van der Waals surface area contributed by atoms with E-state index in [-0.39, 0.29) is 0 Å². The third-order valence-electron chi connectivity index (χ3n) is 1.56. The van der Waals surface area contributed by atoms with Crippen molar-refractivity contribution in [3.05, 3.63) is 24.8 Å². The van der Waals surface area contributed by atoms with Gasteiger partial charge in [0.2, 0.25) is 0 Å². The largest absolute Gasteiger partial charge is 0.271 e. The van der Waals surface area contributed by atoms with Gasteiger partial charge >= 0.3 is 0 Å². The zero-order valence-corrected chi connectivity index (χ0v) is 11.1. The summed E-state index contributed by atoms with van der Waals surface area (Å²) in [5.74, 6) is 0. The second-order valence-corrected chi connectivity index (χ2v) is 5.08. The molecule has 1 aromatic heterocycles. The lowest BCUT2D eigenvalue weighted by atomic mass is 10.3. The molecule has 2 rings (SSSR count). The van der Waals surface area contributed by atoms with Gasteiger partial charge in [0, 0.05) is 14.3 Å². The summed E-state index contributed by atoms with van der Waals surface area (Å²) in [4.78, 5) is 0. The molecule has 0 saturated carbocycles. The van der Waals surface area contributed by atoms with Crippen LogP contribution in [0.1, 0.15) is 0 Å². The lowest BCUT2D eigenvalue weighted by Crippen LogP contribution is -1.73. The molecule has 1 heterocycles. The maximum absolute atomic E-state index is 4.17. The maximum atomic E-state index is 4.17. The lowest BCUT2D eigenvalue weighted by Gasteiger charge is -1.94. The second-order valence-electron chi connectivity index (χ2n) is 2.29. The molecular formula is C7H3Br2IN2. The summed E-state index contributed by atoms with van der Waals surface area (Å²) in [7, 11) is 0. The molecule has 2 nitrogen and oxygen atoms in total. The number of nitrogens with one attached hydrogen (secondary N) is 1. The Labute approximate surface area is 99.5 Å². The molecule has 0 aliphatic carbocycles. The van der Waals surface area contributed by atoms with Gasteiger partial charge in [0.15, 0.2) is 0 Å². The summed E-state index contributed by atoms with van der Waals surface area (Å²) in [5.41, 5.74) is 0.966. The number of halogens is 3. The van der Waals surface area contributed by atoms with Crippen molar-refractivity contribution in [2.75, 3.05) is 0 Å². The molecule has 0 aliphatic heterocycles. The molecule has 62 valence electrons. The van der Waals surface area contributed by atoms with Gasteiger partial charge in [0.05, 0.1) is 0 Å². The van der Waals surface area contributed by atoms with Gasteiger partial charge in [0.25, 0.3) is 0 Å². The normalized spacial score (nSPS) is 10.9. The predicted octanol–water partition coefficient (Wildman–Crippen LogP) is 3.69. The lowest BCUT2D eigenvalue weighted by molar-refractivity contribution is 1.09. The first-order chi connectivity index (χ1) is 5.70. The molecular weight excluding hydrogens is 399 g/mol. The Morgan fingerprint density at radius 3 is 2.58 bits per heavy atom. The monoisotopic (exact) mass is 400 g/mol. The zero-order valence-electron chi connectivity index (χ0n) is 5.74. The third-order valence-corrected chi connectivity index (χ3v) is 3.64. The van der Waals surface area contributed by atoms with Gasteiger partial charge < -0.3 is 0 Å². The summed E-state index contributed by atoms with van der Waals surface area (Å²) < 4.78 is 3.13. The number of rotatable bonds is 0. The molecule has 0 atom stereocenters. The van der Waals surface area contributed by atoms with Gasteiger partial charge in [-0.1, -0.05) is 0 Å². The fourth-order valence-corrected chi connectivity index (χ4v) is 2.99. The second kappa shape index (κ2) is 3.26. The number of aromatic amines is 1. The van der Waals surface area contributed by atoms with Crippen LogP contribution < -0.4 is 0 Å². The van der Waals surface area contributed by atoms with E-state index in [0.717, 1.165) is 23.5 Å². The van der Waals surface area contributed by atoms with E-state index in [1.165, 1.54) is 0 Å². The Balaban J connectivity index is 2.98. The molecule has 0 spiro atoms. The van der Waals surface area contributed by atoms with Crippen molar-refractivity contribution in [1.82, 2.24) is 10.2 Å². The summed E-state index contributed by atoms with van der Waals surface area (Å²) >= 11 is 9.14. The number of fused-ring (bicyclic) bond motifs is 1. The average molecular weight is 402 g/mol. The van der Waals surface area contributed by atoms with Crippen LogP contribution in [-0.4, -0.2) is 10.2 Å². The molecule has 0 radical (unpaired) electrons. The number of benzene rings is 1. The Morgan fingerprint density at radius 2 is 1.92 bits per heavy atom. The summed E-state index contributed by atoms with van der Waals surface area (Å²) in [6.45, 7) is 0. The van der Waals surface area contributed by atoms with E-state index < -0.39 is 0 Å². The van der Waals surface area contributed by atoms with Crippen LogP contribution >= 0.6 is 54.5 Å². The maximum Gasteiger partial charge on any atom is 0.108 e. The molecule has 1 aromatic carbocycles. The number of H-pyrrole nitrogens is 1. The van der Waals surface area contributed by atoms with E-state index in [9.17, 15) is 0 Å². The van der Waals surface area contributed by atoms with Gasteiger partial charge in [-0.15, -0.1) is 0 Å².